The third-order valence-corrected chi connectivity index (χ3v) is 3.36. The fraction of sp³-hybridized carbons (Fsp3) is 0.900. The minimum Gasteiger partial charge on any atom is -0.498 e. The Morgan fingerprint density at radius 1 is 1.50 bits per heavy atom. The number of nitrogens with one attached hydrogen (secondary N) is 1. The van der Waals surface area contributed by atoms with Crippen LogP contribution in [0.1, 0.15) is 27.7 Å². The van der Waals surface area contributed by atoms with Crippen LogP contribution in [0.5, 0.6) is 0 Å². The molecule has 1 amide bonds. The van der Waals surface area contributed by atoms with Crippen LogP contribution < -0.4 is 10.4 Å². The van der Waals surface area contributed by atoms with Gasteiger partial charge >= 0.3 is 0 Å². The molecule has 14 heavy (non-hydrogen) atoms. The molecule has 4 heteroatoms. The van der Waals surface area contributed by atoms with Gasteiger partial charge < -0.3 is 15.2 Å². The van der Waals surface area contributed by atoms with Gasteiger partial charge in [0.25, 0.3) is 6.09 Å². The van der Waals surface area contributed by atoms with Crippen LogP contribution in [-0.2, 0) is 0 Å². The van der Waals surface area contributed by atoms with Crippen LogP contribution in [0.4, 0.5) is 4.79 Å². The van der Waals surface area contributed by atoms with Gasteiger partial charge in [-0.2, -0.15) is 0 Å². The van der Waals surface area contributed by atoms with Crippen LogP contribution in [0.3, 0.4) is 0 Å². The molecule has 1 N–H and O–H groups in total. The molecule has 1 unspecified atom stereocenters. The summed E-state index contributed by atoms with van der Waals surface area (Å²) in [5.74, 6) is 0. The van der Waals surface area contributed by atoms with Gasteiger partial charge in [-0.15, -0.1) is 0 Å². The van der Waals surface area contributed by atoms with E-state index in [1.165, 1.54) is 0 Å². The van der Waals surface area contributed by atoms with E-state index in [4.69, 9.17) is 0 Å². The maximum Gasteiger partial charge on any atom is 0.258 e. The zero-order valence-corrected chi connectivity index (χ0v) is 9.46. The number of quaternary nitrogens is 1. The van der Waals surface area contributed by atoms with Gasteiger partial charge in [0.2, 0.25) is 0 Å². The highest BCUT2D eigenvalue weighted by Gasteiger charge is 2.48. The van der Waals surface area contributed by atoms with Gasteiger partial charge in [-0.05, 0) is 27.7 Å². The van der Waals surface area contributed by atoms with E-state index in [9.17, 15) is 9.90 Å². The Morgan fingerprint density at radius 2 is 2.07 bits per heavy atom. The molecule has 1 heterocycles. The number of carbonyl (C=O) groups excluding carboxylic acids is 1. The number of hydrogen-bond donors (Lipinski definition) is 1. The Hall–Kier alpha value is -0.610. The topological polar surface area (TPSA) is 52.2 Å². The fourth-order valence-electron chi connectivity index (χ4n) is 2.48. The molecule has 0 radical (unpaired) electrons. The van der Waals surface area contributed by atoms with Gasteiger partial charge in [-0.1, -0.05) is 0 Å². The van der Waals surface area contributed by atoms with Crippen molar-refractivity contribution < 1.29 is 14.4 Å². The number of carboxylic acid groups (broad SMARTS) is 1. The summed E-state index contributed by atoms with van der Waals surface area (Å²) in [5.41, 5.74) is -0.305. The van der Waals surface area contributed by atoms with E-state index in [1.807, 2.05) is 27.7 Å². The summed E-state index contributed by atoms with van der Waals surface area (Å²) in [6, 6.07) is 0.0637. The molecule has 0 saturated carbocycles. The highest BCUT2D eigenvalue weighted by atomic mass is 16.4. The summed E-state index contributed by atoms with van der Waals surface area (Å²) in [6.07, 6.45) is -0.952. The number of nitrogens with zero attached hydrogens (tertiary/aromatic N) is 1. The van der Waals surface area contributed by atoms with Gasteiger partial charge in [0, 0.05) is 13.1 Å². The standard InChI is InChI=1S/C10H20N2O2/c1-8-7-11-5-6-12(8,9(13)14)10(2,3)4/h8,11H,5-7H2,1-4H3/t8-,12?/m1/s1. The summed E-state index contributed by atoms with van der Waals surface area (Å²) in [5, 5.41) is 14.6. The lowest BCUT2D eigenvalue weighted by molar-refractivity contribution is -0.941. The van der Waals surface area contributed by atoms with Crippen LogP contribution in [-0.4, -0.2) is 41.8 Å². The SMILES string of the molecule is C[C@@H]1CNCC[N+]1(C(=O)[O-])C(C)(C)C. The Morgan fingerprint density at radius 3 is 2.36 bits per heavy atom. The van der Waals surface area contributed by atoms with Crippen molar-refractivity contribution in [2.24, 2.45) is 0 Å². The van der Waals surface area contributed by atoms with E-state index < -0.39 is 6.09 Å². The Bertz CT molecular complexity index is 235. The van der Waals surface area contributed by atoms with Crippen molar-refractivity contribution >= 4 is 6.09 Å². The first-order valence-corrected chi connectivity index (χ1v) is 5.12. The van der Waals surface area contributed by atoms with E-state index in [-0.39, 0.29) is 16.1 Å². The molecule has 1 aliphatic heterocycles. The van der Waals surface area contributed by atoms with Crippen molar-refractivity contribution in [3.8, 4) is 0 Å². The third-order valence-electron chi connectivity index (χ3n) is 3.36. The van der Waals surface area contributed by atoms with Crippen molar-refractivity contribution in [3.63, 3.8) is 0 Å². The lowest BCUT2D eigenvalue weighted by Gasteiger charge is -2.54. The van der Waals surface area contributed by atoms with Crippen molar-refractivity contribution in [2.45, 2.75) is 39.3 Å². The van der Waals surface area contributed by atoms with E-state index in [0.717, 1.165) is 13.1 Å². The number of hydrogen-bond acceptors (Lipinski definition) is 3. The predicted molar refractivity (Wildman–Crippen MR) is 52.6 cm³/mol. The molecule has 0 bridgehead atoms. The Kier molecular flexibility index (Phi) is 2.88. The van der Waals surface area contributed by atoms with Gasteiger partial charge in [0.05, 0.1) is 12.1 Å². The van der Waals surface area contributed by atoms with Gasteiger partial charge in [0.1, 0.15) is 6.04 Å². The quantitative estimate of drug-likeness (QED) is 0.557. The zero-order chi connectivity index (χ0) is 11.0. The van der Waals surface area contributed by atoms with Crippen molar-refractivity contribution in [1.29, 1.82) is 0 Å². The summed E-state index contributed by atoms with van der Waals surface area (Å²) in [4.78, 5) is 11.4. The van der Waals surface area contributed by atoms with Crippen LogP contribution in [0.15, 0.2) is 0 Å². The second-order valence-corrected chi connectivity index (χ2v) is 5.08. The molecule has 0 aromatic heterocycles. The smallest absolute Gasteiger partial charge is 0.258 e. The second kappa shape index (κ2) is 3.51. The van der Waals surface area contributed by atoms with E-state index >= 15 is 0 Å². The van der Waals surface area contributed by atoms with Gasteiger partial charge in [0.15, 0.2) is 0 Å². The molecular formula is C10H20N2O2. The molecule has 0 aromatic rings. The number of rotatable bonds is 0. The lowest BCUT2D eigenvalue weighted by atomic mass is 9.96. The maximum atomic E-state index is 11.4. The molecule has 1 rings (SSSR count). The lowest BCUT2D eigenvalue weighted by Crippen LogP contribution is -2.76. The number of amides is 1. The maximum absolute atomic E-state index is 11.4. The van der Waals surface area contributed by atoms with Crippen LogP contribution in [0.2, 0.25) is 0 Å². The summed E-state index contributed by atoms with van der Waals surface area (Å²) in [6.45, 7) is 9.95. The zero-order valence-electron chi connectivity index (χ0n) is 9.46. The first-order valence-electron chi connectivity index (χ1n) is 5.12. The van der Waals surface area contributed by atoms with Crippen LogP contribution in [0, 0.1) is 0 Å². The molecule has 1 aliphatic rings. The van der Waals surface area contributed by atoms with Crippen LogP contribution >= 0.6 is 0 Å². The van der Waals surface area contributed by atoms with Crippen LogP contribution in [0.25, 0.3) is 0 Å². The van der Waals surface area contributed by atoms with E-state index in [2.05, 4.69) is 5.32 Å². The van der Waals surface area contributed by atoms with Crippen molar-refractivity contribution in [1.82, 2.24) is 5.32 Å². The first kappa shape index (κ1) is 11.5. The summed E-state index contributed by atoms with van der Waals surface area (Å²) in [7, 11) is 0. The monoisotopic (exact) mass is 200 g/mol. The predicted octanol–water partition coefficient (Wildman–Crippen LogP) is -0.0633. The molecule has 0 aromatic carbocycles. The highest BCUT2D eigenvalue weighted by Crippen LogP contribution is 2.29. The van der Waals surface area contributed by atoms with Gasteiger partial charge in [-0.3, -0.25) is 4.48 Å². The minimum absolute atomic E-state index is 0.0556. The molecule has 0 aliphatic carbocycles. The van der Waals surface area contributed by atoms with E-state index in [1.54, 1.807) is 0 Å². The average Bonchev–Trinajstić information content (AvgIpc) is 2.02. The first-order chi connectivity index (χ1) is 6.32. The molecule has 1 fully saturated rings. The number of piperazine rings is 1. The Labute approximate surface area is 85.5 Å². The molecule has 0 spiro atoms. The van der Waals surface area contributed by atoms with E-state index in [0.29, 0.717) is 6.54 Å². The largest absolute Gasteiger partial charge is 0.498 e. The summed E-state index contributed by atoms with van der Waals surface area (Å²) >= 11 is 0. The van der Waals surface area contributed by atoms with Crippen molar-refractivity contribution in [2.75, 3.05) is 19.6 Å². The highest BCUT2D eigenvalue weighted by molar-refractivity contribution is 5.55. The normalized spacial score (nSPS) is 34.1. The third kappa shape index (κ3) is 1.53. The Balaban J connectivity index is 3.08. The van der Waals surface area contributed by atoms with Gasteiger partial charge in [-0.25, -0.2) is 0 Å². The molecule has 82 valence electrons. The number of carbonyl (C=O) groups is 1. The minimum atomic E-state index is -0.952. The molecular weight excluding hydrogens is 180 g/mol. The van der Waals surface area contributed by atoms with Crippen molar-refractivity contribution in [3.05, 3.63) is 0 Å². The molecule has 2 atom stereocenters. The fourth-order valence-corrected chi connectivity index (χ4v) is 2.48. The second-order valence-electron chi connectivity index (χ2n) is 5.08. The molecule has 1 saturated heterocycles. The molecule has 4 nitrogen and oxygen atoms in total. The summed E-state index contributed by atoms with van der Waals surface area (Å²) < 4.78 is 0.0556. The average molecular weight is 200 g/mol.